The zero-order valence-corrected chi connectivity index (χ0v) is 9.90. The third kappa shape index (κ3) is 12.3. The summed E-state index contributed by atoms with van der Waals surface area (Å²) >= 11 is 1.87. The molecule has 2 nitrogen and oxygen atoms in total. The summed E-state index contributed by atoms with van der Waals surface area (Å²) in [5.41, 5.74) is 5.61. The van der Waals surface area contributed by atoms with Crippen molar-refractivity contribution in [1.82, 2.24) is 0 Å². The van der Waals surface area contributed by atoms with Gasteiger partial charge in [-0.1, -0.05) is 13.8 Å². The van der Waals surface area contributed by atoms with Crippen molar-refractivity contribution in [1.29, 1.82) is 0 Å². The fraction of sp³-hybridized carbons (Fsp3) is 1.00. The van der Waals surface area contributed by atoms with E-state index in [1.54, 1.807) is 0 Å². The van der Waals surface area contributed by atoms with Crippen LogP contribution in [0.25, 0.3) is 0 Å². The second kappa shape index (κ2) is 8.85. The van der Waals surface area contributed by atoms with Crippen LogP contribution in [0.4, 0.5) is 0 Å². The Morgan fingerprint density at radius 1 is 1.23 bits per heavy atom. The third-order valence-corrected chi connectivity index (χ3v) is 2.81. The van der Waals surface area contributed by atoms with Crippen molar-refractivity contribution in [3.05, 3.63) is 0 Å². The highest BCUT2D eigenvalue weighted by Gasteiger charge is 1.96. The predicted octanol–water partition coefficient (Wildman–Crippen LogP) is 2.13. The molecular formula is C10H23NOS. The maximum Gasteiger partial charge on any atom is 0.0556 e. The lowest BCUT2D eigenvalue weighted by Gasteiger charge is -2.07. The van der Waals surface area contributed by atoms with Gasteiger partial charge in [0.25, 0.3) is 0 Å². The van der Waals surface area contributed by atoms with Gasteiger partial charge >= 0.3 is 0 Å². The molecule has 1 atom stereocenters. The van der Waals surface area contributed by atoms with E-state index in [1.807, 2.05) is 18.7 Å². The van der Waals surface area contributed by atoms with Crippen LogP contribution in [0.3, 0.4) is 0 Å². The Kier molecular flexibility index (Phi) is 9.03. The fourth-order valence-electron chi connectivity index (χ4n) is 0.808. The Labute approximate surface area is 86.6 Å². The minimum atomic E-state index is 0.306. The van der Waals surface area contributed by atoms with E-state index in [0.29, 0.717) is 6.04 Å². The van der Waals surface area contributed by atoms with Gasteiger partial charge in [-0.05, 0) is 19.3 Å². The van der Waals surface area contributed by atoms with Crippen LogP contribution in [-0.4, -0.2) is 30.8 Å². The number of thioether (sulfide) groups is 1. The Morgan fingerprint density at radius 2 is 1.92 bits per heavy atom. The van der Waals surface area contributed by atoms with Gasteiger partial charge in [-0.15, -0.1) is 0 Å². The molecule has 0 aliphatic rings. The zero-order chi connectivity index (χ0) is 10.1. The highest BCUT2D eigenvalue weighted by molar-refractivity contribution is 7.99. The summed E-state index contributed by atoms with van der Waals surface area (Å²) in [5.74, 6) is 2.85. The molecule has 0 amide bonds. The minimum Gasteiger partial charge on any atom is -0.381 e. The third-order valence-electron chi connectivity index (χ3n) is 1.59. The first kappa shape index (κ1) is 13.3. The van der Waals surface area contributed by atoms with E-state index in [1.165, 1.54) is 0 Å². The molecule has 3 heteroatoms. The largest absolute Gasteiger partial charge is 0.381 e. The number of hydrogen-bond acceptors (Lipinski definition) is 3. The molecule has 1 unspecified atom stereocenters. The maximum absolute atomic E-state index is 5.61. The first-order valence-corrected chi connectivity index (χ1v) is 6.19. The molecule has 80 valence electrons. The molecule has 0 aromatic carbocycles. The van der Waals surface area contributed by atoms with Crippen LogP contribution in [0.15, 0.2) is 0 Å². The molecule has 0 rings (SSSR count). The number of ether oxygens (including phenoxy) is 1. The van der Waals surface area contributed by atoms with Crippen molar-refractivity contribution in [3.8, 4) is 0 Å². The number of rotatable bonds is 8. The van der Waals surface area contributed by atoms with Gasteiger partial charge in [0.1, 0.15) is 0 Å². The maximum atomic E-state index is 5.61. The molecule has 13 heavy (non-hydrogen) atoms. The smallest absolute Gasteiger partial charge is 0.0556 e. The van der Waals surface area contributed by atoms with Gasteiger partial charge in [0.2, 0.25) is 0 Å². The average Bonchev–Trinajstić information content (AvgIpc) is 2.01. The topological polar surface area (TPSA) is 35.2 Å². The van der Waals surface area contributed by atoms with Gasteiger partial charge in [-0.3, -0.25) is 0 Å². The van der Waals surface area contributed by atoms with E-state index in [2.05, 4.69) is 13.8 Å². The first-order valence-electron chi connectivity index (χ1n) is 5.04. The summed E-state index contributed by atoms with van der Waals surface area (Å²) in [6.45, 7) is 8.23. The van der Waals surface area contributed by atoms with Crippen molar-refractivity contribution in [2.24, 2.45) is 11.7 Å². The van der Waals surface area contributed by atoms with Gasteiger partial charge in [-0.2, -0.15) is 11.8 Å². The van der Waals surface area contributed by atoms with E-state index in [0.717, 1.165) is 37.1 Å². The van der Waals surface area contributed by atoms with Crippen LogP contribution in [0.2, 0.25) is 0 Å². The standard InChI is InChI=1S/C10H23NOS/c1-9(2)4-5-12-6-7-13-8-10(3)11/h9-10H,4-8,11H2,1-3H3. The molecule has 2 N–H and O–H groups in total. The molecule has 0 radical (unpaired) electrons. The molecule has 0 spiro atoms. The van der Waals surface area contributed by atoms with Crippen LogP contribution in [0.1, 0.15) is 27.2 Å². The molecule has 0 aliphatic carbocycles. The van der Waals surface area contributed by atoms with Gasteiger partial charge in [-0.25, -0.2) is 0 Å². The van der Waals surface area contributed by atoms with Crippen molar-refractivity contribution in [2.75, 3.05) is 24.7 Å². The van der Waals surface area contributed by atoms with Gasteiger partial charge in [0.15, 0.2) is 0 Å². The lowest BCUT2D eigenvalue weighted by Crippen LogP contribution is -2.18. The quantitative estimate of drug-likeness (QED) is 0.617. The summed E-state index contributed by atoms with van der Waals surface area (Å²) in [7, 11) is 0. The zero-order valence-electron chi connectivity index (χ0n) is 9.08. The lowest BCUT2D eigenvalue weighted by molar-refractivity contribution is 0.138. The van der Waals surface area contributed by atoms with E-state index < -0.39 is 0 Å². The number of nitrogens with two attached hydrogens (primary N) is 1. The van der Waals surface area contributed by atoms with E-state index in [-0.39, 0.29) is 0 Å². The lowest BCUT2D eigenvalue weighted by atomic mass is 10.1. The fourth-order valence-corrected chi connectivity index (χ4v) is 1.58. The van der Waals surface area contributed by atoms with Crippen LogP contribution in [0, 0.1) is 5.92 Å². The summed E-state index contributed by atoms with van der Waals surface area (Å²) in [6, 6.07) is 0.306. The van der Waals surface area contributed by atoms with Gasteiger partial charge < -0.3 is 10.5 Å². The van der Waals surface area contributed by atoms with Crippen LogP contribution in [0.5, 0.6) is 0 Å². The highest BCUT2D eigenvalue weighted by atomic mass is 32.2. The normalized spacial score (nSPS) is 13.6. The first-order chi connectivity index (χ1) is 6.13. The van der Waals surface area contributed by atoms with Crippen molar-refractivity contribution >= 4 is 11.8 Å². The van der Waals surface area contributed by atoms with Crippen LogP contribution < -0.4 is 5.73 Å². The molecular weight excluding hydrogens is 182 g/mol. The molecule has 0 aromatic heterocycles. The summed E-state index contributed by atoms with van der Waals surface area (Å²) in [6.07, 6.45) is 1.16. The molecule has 0 saturated heterocycles. The molecule has 0 aromatic rings. The van der Waals surface area contributed by atoms with E-state index in [4.69, 9.17) is 10.5 Å². The summed E-state index contributed by atoms with van der Waals surface area (Å²) in [4.78, 5) is 0. The molecule has 0 fully saturated rings. The van der Waals surface area contributed by atoms with Crippen LogP contribution >= 0.6 is 11.8 Å². The van der Waals surface area contributed by atoms with Gasteiger partial charge in [0, 0.05) is 24.2 Å². The molecule has 0 bridgehead atoms. The minimum absolute atomic E-state index is 0.306. The van der Waals surface area contributed by atoms with Crippen molar-refractivity contribution < 1.29 is 4.74 Å². The Bertz CT molecular complexity index is 95.1. The number of hydrogen-bond donors (Lipinski definition) is 1. The Hall–Kier alpha value is 0.270. The van der Waals surface area contributed by atoms with Gasteiger partial charge in [0.05, 0.1) is 6.61 Å². The highest BCUT2D eigenvalue weighted by Crippen LogP contribution is 2.02. The monoisotopic (exact) mass is 205 g/mol. The summed E-state index contributed by atoms with van der Waals surface area (Å²) < 4.78 is 5.46. The summed E-state index contributed by atoms with van der Waals surface area (Å²) in [5, 5.41) is 0. The molecule has 0 saturated carbocycles. The second-order valence-electron chi connectivity index (χ2n) is 3.85. The van der Waals surface area contributed by atoms with Crippen molar-refractivity contribution in [2.45, 2.75) is 33.2 Å². The average molecular weight is 205 g/mol. The Morgan fingerprint density at radius 3 is 2.46 bits per heavy atom. The predicted molar refractivity (Wildman–Crippen MR) is 61.2 cm³/mol. The molecule has 0 heterocycles. The van der Waals surface area contributed by atoms with E-state index in [9.17, 15) is 0 Å². The van der Waals surface area contributed by atoms with E-state index >= 15 is 0 Å². The Balaban J connectivity index is 2.92. The van der Waals surface area contributed by atoms with Crippen LogP contribution in [-0.2, 0) is 4.74 Å². The van der Waals surface area contributed by atoms with Crippen molar-refractivity contribution in [3.63, 3.8) is 0 Å². The second-order valence-corrected chi connectivity index (χ2v) is 5.00. The molecule has 0 aliphatic heterocycles. The SMILES string of the molecule is CC(C)CCOCCSCC(C)N.